The quantitative estimate of drug-likeness (QED) is 0.427. The van der Waals surface area contributed by atoms with Gasteiger partial charge in [0, 0.05) is 36.6 Å². The molecule has 1 aromatic heterocycles. The van der Waals surface area contributed by atoms with E-state index in [1.807, 2.05) is 0 Å². The fourth-order valence-corrected chi connectivity index (χ4v) is 3.13. The molecule has 156 valence electrons. The molecule has 0 aliphatic carbocycles. The molecule has 0 bridgehead atoms. The zero-order valence-electron chi connectivity index (χ0n) is 16.0. The fraction of sp³-hybridized carbons (Fsp3) is 0.263. The van der Waals surface area contributed by atoms with Gasteiger partial charge < -0.3 is 15.0 Å². The third kappa shape index (κ3) is 4.35. The van der Waals surface area contributed by atoms with Crippen molar-refractivity contribution in [3.8, 4) is 0 Å². The van der Waals surface area contributed by atoms with Crippen LogP contribution in [0.5, 0.6) is 0 Å². The molecule has 11 heteroatoms. The lowest BCUT2D eigenvalue weighted by molar-refractivity contribution is -0.386. The van der Waals surface area contributed by atoms with Crippen LogP contribution in [-0.4, -0.2) is 40.9 Å². The first kappa shape index (κ1) is 20.7. The molecule has 1 N–H and O–H groups in total. The number of hydrogen-bond donors (Lipinski definition) is 1. The lowest BCUT2D eigenvalue weighted by Crippen LogP contribution is -2.29. The van der Waals surface area contributed by atoms with E-state index < -0.39 is 34.6 Å². The minimum absolute atomic E-state index is 0.00281. The molecule has 2 heterocycles. The van der Waals surface area contributed by atoms with Crippen LogP contribution in [0.2, 0.25) is 0 Å². The number of methoxy groups -OCH3 is 1. The summed E-state index contributed by atoms with van der Waals surface area (Å²) in [6.07, 6.45) is 2.25. The second kappa shape index (κ2) is 8.55. The number of anilines is 2. The first-order chi connectivity index (χ1) is 14.3. The molecule has 11 nitrogen and oxygen atoms in total. The number of carbonyl (C=O) groups excluding carboxylic acids is 3. The van der Waals surface area contributed by atoms with Crippen LogP contribution in [-0.2, 0) is 20.9 Å². The van der Waals surface area contributed by atoms with Crippen LogP contribution >= 0.6 is 0 Å². The Labute approximate surface area is 170 Å². The van der Waals surface area contributed by atoms with E-state index in [1.165, 1.54) is 0 Å². The SMILES string of the molecule is COC(=O)c1cc([N+](=O)[O-])c(=O)n(CC(=O)Nc2cccc(N3CCCC3=O)c2)c1. The van der Waals surface area contributed by atoms with Crippen LogP contribution in [0.15, 0.2) is 41.3 Å². The molecule has 3 rings (SSSR count). The molecule has 0 atom stereocenters. The van der Waals surface area contributed by atoms with Gasteiger partial charge in [0.2, 0.25) is 11.8 Å². The highest BCUT2D eigenvalue weighted by atomic mass is 16.6. The maximum atomic E-state index is 12.4. The van der Waals surface area contributed by atoms with E-state index in [4.69, 9.17) is 0 Å². The van der Waals surface area contributed by atoms with Crippen molar-refractivity contribution < 1.29 is 24.0 Å². The molecule has 2 amide bonds. The highest BCUT2D eigenvalue weighted by molar-refractivity contribution is 5.97. The van der Waals surface area contributed by atoms with Gasteiger partial charge in [-0.1, -0.05) is 6.07 Å². The number of rotatable bonds is 6. The number of benzene rings is 1. The summed E-state index contributed by atoms with van der Waals surface area (Å²) in [6.45, 7) is 0.0347. The Balaban J connectivity index is 1.82. The van der Waals surface area contributed by atoms with E-state index in [0.29, 0.717) is 24.3 Å². The maximum absolute atomic E-state index is 12.4. The Morgan fingerprint density at radius 2 is 2.03 bits per heavy atom. The van der Waals surface area contributed by atoms with Gasteiger partial charge in [0.05, 0.1) is 17.6 Å². The third-order valence-electron chi connectivity index (χ3n) is 4.51. The third-order valence-corrected chi connectivity index (χ3v) is 4.51. The minimum atomic E-state index is -1.03. The van der Waals surface area contributed by atoms with Crippen molar-refractivity contribution >= 4 is 34.8 Å². The average molecular weight is 414 g/mol. The van der Waals surface area contributed by atoms with Crippen LogP contribution in [0.1, 0.15) is 23.2 Å². The summed E-state index contributed by atoms with van der Waals surface area (Å²) in [4.78, 5) is 60.1. The van der Waals surface area contributed by atoms with Crippen molar-refractivity contribution in [1.82, 2.24) is 4.57 Å². The van der Waals surface area contributed by atoms with Crippen LogP contribution in [0.3, 0.4) is 0 Å². The summed E-state index contributed by atoms with van der Waals surface area (Å²) < 4.78 is 5.30. The van der Waals surface area contributed by atoms with Crippen molar-refractivity contribution in [2.75, 3.05) is 23.9 Å². The van der Waals surface area contributed by atoms with E-state index in [1.54, 1.807) is 29.2 Å². The smallest absolute Gasteiger partial charge is 0.339 e. The number of nitrogens with zero attached hydrogens (tertiary/aromatic N) is 3. The number of pyridine rings is 1. The van der Waals surface area contributed by atoms with Crippen molar-refractivity contribution in [3.63, 3.8) is 0 Å². The van der Waals surface area contributed by atoms with Gasteiger partial charge in [-0.15, -0.1) is 0 Å². The molecule has 0 unspecified atom stereocenters. The summed E-state index contributed by atoms with van der Waals surface area (Å²) >= 11 is 0. The zero-order chi connectivity index (χ0) is 21.8. The number of nitrogens with one attached hydrogen (secondary N) is 1. The Morgan fingerprint density at radius 1 is 1.27 bits per heavy atom. The number of aromatic nitrogens is 1. The van der Waals surface area contributed by atoms with Crippen molar-refractivity contribution in [3.05, 3.63) is 62.6 Å². The molecule has 0 spiro atoms. The molecule has 1 saturated heterocycles. The van der Waals surface area contributed by atoms with E-state index in [9.17, 15) is 29.3 Å². The van der Waals surface area contributed by atoms with Gasteiger partial charge in [-0.25, -0.2) is 4.79 Å². The highest BCUT2D eigenvalue weighted by Crippen LogP contribution is 2.24. The minimum Gasteiger partial charge on any atom is -0.465 e. The van der Waals surface area contributed by atoms with Crippen LogP contribution in [0.4, 0.5) is 17.1 Å². The molecule has 1 aliphatic rings. The Hall–Kier alpha value is -4.02. The maximum Gasteiger partial charge on any atom is 0.339 e. The number of nitro groups is 1. The van der Waals surface area contributed by atoms with E-state index >= 15 is 0 Å². The molecule has 2 aromatic rings. The van der Waals surface area contributed by atoms with Gasteiger partial charge >= 0.3 is 17.2 Å². The number of carbonyl (C=O) groups is 3. The summed E-state index contributed by atoms with van der Waals surface area (Å²) in [5.74, 6) is -1.52. The standard InChI is InChI=1S/C19H18N4O7/c1-30-19(27)12-8-15(23(28)29)18(26)21(10-12)11-16(24)20-13-4-2-5-14(9-13)22-7-3-6-17(22)25/h2,4-5,8-10H,3,6-7,11H2,1H3,(H,20,24). The van der Waals surface area contributed by atoms with Crippen LogP contribution in [0, 0.1) is 10.1 Å². The molecule has 1 aliphatic heterocycles. The number of ether oxygens (including phenoxy) is 1. The predicted molar refractivity (Wildman–Crippen MR) is 105 cm³/mol. The fourth-order valence-electron chi connectivity index (χ4n) is 3.13. The number of hydrogen-bond acceptors (Lipinski definition) is 7. The van der Waals surface area contributed by atoms with Crippen molar-refractivity contribution in [2.24, 2.45) is 0 Å². The molecule has 30 heavy (non-hydrogen) atoms. The summed E-state index contributed by atoms with van der Waals surface area (Å²) in [6, 6.07) is 7.45. The van der Waals surface area contributed by atoms with Gasteiger partial charge in [-0.3, -0.25) is 29.1 Å². The number of amides is 2. The van der Waals surface area contributed by atoms with Gasteiger partial charge in [0.1, 0.15) is 6.54 Å². The van der Waals surface area contributed by atoms with Crippen LogP contribution < -0.4 is 15.8 Å². The second-order valence-corrected chi connectivity index (χ2v) is 6.54. The highest BCUT2D eigenvalue weighted by Gasteiger charge is 2.23. The zero-order valence-corrected chi connectivity index (χ0v) is 16.0. The normalized spacial score (nSPS) is 13.2. The van der Waals surface area contributed by atoms with E-state index in [-0.39, 0.29) is 11.5 Å². The topological polar surface area (TPSA) is 141 Å². The van der Waals surface area contributed by atoms with Crippen molar-refractivity contribution in [1.29, 1.82) is 0 Å². The van der Waals surface area contributed by atoms with Gasteiger partial charge in [0.15, 0.2) is 0 Å². The Morgan fingerprint density at radius 3 is 2.67 bits per heavy atom. The monoisotopic (exact) mass is 414 g/mol. The van der Waals surface area contributed by atoms with Crippen LogP contribution in [0.25, 0.3) is 0 Å². The Kier molecular flexibility index (Phi) is 5.90. The average Bonchev–Trinajstić information content (AvgIpc) is 3.14. The van der Waals surface area contributed by atoms with E-state index in [0.717, 1.165) is 30.4 Å². The summed E-state index contributed by atoms with van der Waals surface area (Å²) in [5.41, 5.74) is -1.08. The van der Waals surface area contributed by atoms with E-state index in [2.05, 4.69) is 10.1 Å². The van der Waals surface area contributed by atoms with Gasteiger partial charge in [0.25, 0.3) is 0 Å². The molecular formula is C19H18N4O7. The van der Waals surface area contributed by atoms with Gasteiger partial charge in [-0.2, -0.15) is 0 Å². The second-order valence-electron chi connectivity index (χ2n) is 6.54. The number of esters is 1. The first-order valence-corrected chi connectivity index (χ1v) is 8.97. The Bertz CT molecular complexity index is 1090. The van der Waals surface area contributed by atoms with Crippen molar-refractivity contribution in [2.45, 2.75) is 19.4 Å². The molecule has 1 fully saturated rings. The first-order valence-electron chi connectivity index (χ1n) is 8.97. The lowest BCUT2D eigenvalue weighted by Gasteiger charge is -2.17. The molecule has 0 radical (unpaired) electrons. The summed E-state index contributed by atoms with van der Waals surface area (Å²) in [7, 11) is 1.09. The lowest BCUT2D eigenvalue weighted by atomic mass is 10.2. The largest absolute Gasteiger partial charge is 0.465 e. The molecule has 1 aromatic carbocycles. The van der Waals surface area contributed by atoms with Gasteiger partial charge in [-0.05, 0) is 24.6 Å². The molecular weight excluding hydrogens is 396 g/mol. The molecule has 0 saturated carbocycles. The summed E-state index contributed by atoms with van der Waals surface area (Å²) in [5, 5.41) is 13.7. The predicted octanol–water partition coefficient (Wildman–Crippen LogP) is 1.31.